The zero-order chi connectivity index (χ0) is 32.4. The molecule has 0 saturated heterocycles. The molecule has 0 aromatic heterocycles. The summed E-state index contributed by atoms with van der Waals surface area (Å²) in [6.45, 7) is 9.56. The first-order valence-electron chi connectivity index (χ1n) is 17.2. The van der Waals surface area contributed by atoms with Crippen LogP contribution in [0.2, 0.25) is 0 Å². The Balaban J connectivity index is 1.28. The normalized spacial score (nSPS) is 15.0. The van der Waals surface area contributed by atoms with E-state index in [4.69, 9.17) is 0 Å². The zero-order valence-corrected chi connectivity index (χ0v) is 27.9. The lowest BCUT2D eigenvalue weighted by atomic mass is 9.79. The summed E-state index contributed by atoms with van der Waals surface area (Å²) in [4.78, 5) is 0. The standard InChI is InChI=1S/C48H36/c1-47(2)40-22-12-11-16-32(40)33-26-25-30(28-42(33)47)43-34-17-7-9-19-36(34)44(37-20-10-8-18-35(37)43)38-21-13-23-41-45(38)39-27-24-29-14-5-6-15-31(29)46(39)48(41,3)4/h5-28H,1-4H3. The van der Waals surface area contributed by atoms with Gasteiger partial charge < -0.3 is 0 Å². The van der Waals surface area contributed by atoms with Crippen LogP contribution in [0.5, 0.6) is 0 Å². The van der Waals surface area contributed by atoms with Crippen molar-refractivity contribution in [3.63, 3.8) is 0 Å². The molecule has 0 radical (unpaired) electrons. The average Bonchev–Trinajstić information content (AvgIpc) is 3.50. The summed E-state index contributed by atoms with van der Waals surface area (Å²) >= 11 is 0. The van der Waals surface area contributed by atoms with Gasteiger partial charge in [0.2, 0.25) is 0 Å². The first-order chi connectivity index (χ1) is 23.4. The highest BCUT2D eigenvalue weighted by Gasteiger charge is 2.39. The summed E-state index contributed by atoms with van der Waals surface area (Å²) in [7, 11) is 0. The quantitative estimate of drug-likeness (QED) is 0.170. The lowest BCUT2D eigenvalue weighted by molar-refractivity contribution is 0.660. The van der Waals surface area contributed by atoms with Crippen molar-refractivity contribution in [1.29, 1.82) is 0 Å². The first kappa shape index (κ1) is 27.6. The molecule has 0 fully saturated rings. The molecule has 0 bridgehead atoms. The third-order valence-corrected chi connectivity index (χ3v) is 11.6. The van der Waals surface area contributed by atoms with E-state index in [1.165, 1.54) is 99.1 Å². The van der Waals surface area contributed by atoms with Gasteiger partial charge >= 0.3 is 0 Å². The van der Waals surface area contributed by atoms with Crippen LogP contribution >= 0.6 is 0 Å². The largest absolute Gasteiger partial charge is 0.0619 e. The van der Waals surface area contributed by atoms with E-state index in [9.17, 15) is 0 Å². The second-order valence-corrected chi connectivity index (χ2v) is 14.8. The molecular weight excluding hydrogens is 577 g/mol. The molecule has 0 amide bonds. The van der Waals surface area contributed by atoms with Gasteiger partial charge in [0.05, 0.1) is 0 Å². The second-order valence-electron chi connectivity index (χ2n) is 14.8. The Bertz CT molecular complexity index is 2610. The van der Waals surface area contributed by atoms with Gasteiger partial charge in [-0.3, -0.25) is 0 Å². The Morgan fingerprint density at radius 2 is 0.875 bits per heavy atom. The SMILES string of the molecule is CC1(C)c2ccccc2-c2ccc(-c3c4ccccc4c(-c4cccc5c4-c4ccc6ccccc6c4C5(C)C)c4ccccc34)cc21. The number of benzene rings is 8. The minimum atomic E-state index is -0.109. The van der Waals surface area contributed by atoms with Crippen molar-refractivity contribution >= 4 is 32.3 Å². The summed E-state index contributed by atoms with van der Waals surface area (Å²) in [5, 5.41) is 7.86. The van der Waals surface area contributed by atoms with Crippen molar-refractivity contribution in [1.82, 2.24) is 0 Å². The molecule has 0 saturated carbocycles. The molecule has 48 heavy (non-hydrogen) atoms. The number of hydrogen-bond donors (Lipinski definition) is 0. The molecule has 0 nitrogen and oxygen atoms in total. The van der Waals surface area contributed by atoms with Crippen LogP contribution in [0.25, 0.3) is 76.8 Å². The molecule has 2 aliphatic carbocycles. The summed E-state index contributed by atoms with van der Waals surface area (Å²) in [6.07, 6.45) is 0. The number of fused-ring (bicyclic) bond motifs is 10. The van der Waals surface area contributed by atoms with Crippen molar-refractivity contribution in [2.75, 3.05) is 0 Å². The van der Waals surface area contributed by atoms with E-state index in [1.807, 2.05) is 0 Å². The lowest BCUT2D eigenvalue weighted by Crippen LogP contribution is -2.15. The molecule has 0 spiro atoms. The van der Waals surface area contributed by atoms with Gasteiger partial charge in [-0.25, -0.2) is 0 Å². The third-order valence-electron chi connectivity index (χ3n) is 11.6. The highest BCUT2D eigenvalue weighted by atomic mass is 14.4. The van der Waals surface area contributed by atoms with Gasteiger partial charge in [-0.2, -0.15) is 0 Å². The first-order valence-corrected chi connectivity index (χ1v) is 17.2. The predicted molar refractivity (Wildman–Crippen MR) is 205 cm³/mol. The Morgan fingerprint density at radius 1 is 0.333 bits per heavy atom. The van der Waals surface area contributed by atoms with Crippen LogP contribution in [-0.2, 0) is 10.8 Å². The highest BCUT2D eigenvalue weighted by molar-refractivity contribution is 6.23. The van der Waals surface area contributed by atoms with Crippen LogP contribution in [0.1, 0.15) is 49.9 Å². The van der Waals surface area contributed by atoms with E-state index in [2.05, 4.69) is 173 Å². The van der Waals surface area contributed by atoms with Crippen molar-refractivity contribution in [2.45, 2.75) is 38.5 Å². The van der Waals surface area contributed by atoms with Gasteiger partial charge in [0, 0.05) is 10.8 Å². The topological polar surface area (TPSA) is 0 Å². The smallest absolute Gasteiger partial charge is 0.0165 e. The lowest BCUT2D eigenvalue weighted by Gasteiger charge is -2.24. The molecule has 0 atom stereocenters. The van der Waals surface area contributed by atoms with Crippen molar-refractivity contribution < 1.29 is 0 Å². The fourth-order valence-corrected chi connectivity index (χ4v) is 9.45. The summed E-state index contributed by atoms with van der Waals surface area (Å²) < 4.78 is 0. The van der Waals surface area contributed by atoms with E-state index in [0.717, 1.165) is 0 Å². The van der Waals surface area contributed by atoms with E-state index in [0.29, 0.717) is 0 Å². The van der Waals surface area contributed by atoms with Crippen molar-refractivity contribution in [3.8, 4) is 44.5 Å². The Hall–Kier alpha value is -5.46. The minimum absolute atomic E-state index is 0.0531. The van der Waals surface area contributed by atoms with Gasteiger partial charge in [-0.1, -0.05) is 167 Å². The Morgan fingerprint density at radius 3 is 1.60 bits per heavy atom. The van der Waals surface area contributed by atoms with Crippen molar-refractivity contribution in [2.24, 2.45) is 0 Å². The number of rotatable bonds is 2. The monoisotopic (exact) mass is 612 g/mol. The fraction of sp³-hybridized carbons (Fsp3) is 0.125. The van der Waals surface area contributed by atoms with E-state index in [1.54, 1.807) is 0 Å². The maximum absolute atomic E-state index is 2.48. The molecule has 10 rings (SSSR count). The minimum Gasteiger partial charge on any atom is -0.0619 e. The third kappa shape index (κ3) is 3.50. The Kier molecular flexibility index (Phi) is 5.50. The maximum atomic E-state index is 2.48. The number of hydrogen-bond acceptors (Lipinski definition) is 0. The molecule has 0 N–H and O–H groups in total. The summed E-state index contributed by atoms with van der Waals surface area (Å²) in [6, 6.07) is 54.9. The molecule has 0 aliphatic heterocycles. The average molecular weight is 613 g/mol. The van der Waals surface area contributed by atoms with E-state index < -0.39 is 0 Å². The molecule has 0 heterocycles. The van der Waals surface area contributed by atoms with Gasteiger partial charge in [-0.05, 0) is 105 Å². The van der Waals surface area contributed by atoms with Crippen LogP contribution in [0.4, 0.5) is 0 Å². The molecule has 8 aromatic carbocycles. The van der Waals surface area contributed by atoms with Crippen LogP contribution in [0.3, 0.4) is 0 Å². The van der Waals surface area contributed by atoms with Crippen LogP contribution in [-0.4, -0.2) is 0 Å². The van der Waals surface area contributed by atoms with Crippen LogP contribution < -0.4 is 0 Å². The maximum Gasteiger partial charge on any atom is 0.0165 e. The zero-order valence-electron chi connectivity index (χ0n) is 27.9. The van der Waals surface area contributed by atoms with Crippen LogP contribution in [0, 0.1) is 0 Å². The van der Waals surface area contributed by atoms with Gasteiger partial charge in [0.15, 0.2) is 0 Å². The summed E-state index contributed by atoms with van der Waals surface area (Å²) in [5.74, 6) is 0. The molecule has 228 valence electrons. The van der Waals surface area contributed by atoms with Crippen LogP contribution in [0.15, 0.2) is 146 Å². The predicted octanol–water partition coefficient (Wildman–Crippen LogP) is 13.1. The molecule has 2 aliphatic rings. The fourth-order valence-electron chi connectivity index (χ4n) is 9.45. The Labute approximate surface area is 282 Å². The van der Waals surface area contributed by atoms with E-state index in [-0.39, 0.29) is 10.8 Å². The highest BCUT2D eigenvalue weighted by Crippen LogP contribution is 2.56. The molecule has 0 heteroatoms. The van der Waals surface area contributed by atoms with Crippen molar-refractivity contribution in [3.05, 3.63) is 168 Å². The van der Waals surface area contributed by atoms with Gasteiger partial charge in [-0.15, -0.1) is 0 Å². The van der Waals surface area contributed by atoms with E-state index >= 15 is 0 Å². The molecule has 8 aromatic rings. The van der Waals surface area contributed by atoms with Gasteiger partial charge in [0.25, 0.3) is 0 Å². The summed E-state index contributed by atoms with van der Waals surface area (Å²) in [5.41, 5.74) is 16.2. The molecule has 0 unspecified atom stereocenters. The second kappa shape index (κ2) is 9.55. The molecular formula is C48H36. The van der Waals surface area contributed by atoms with Gasteiger partial charge in [0.1, 0.15) is 0 Å².